The molecule has 2 heterocycles. The van der Waals surface area contributed by atoms with Crippen LogP contribution in [0, 0.1) is 0 Å². The number of hydrogen-bond acceptors (Lipinski definition) is 6. The zero-order valence-corrected chi connectivity index (χ0v) is 13.7. The summed E-state index contributed by atoms with van der Waals surface area (Å²) >= 11 is 0. The van der Waals surface area contributed by atoms with Crippen LogP contribution in [0.1, 0.15) is 19.2 Å². The van der Waals surface area contributed by atoms with E-state index < -0.39 is 0 Å². The number of carbonyl (C=O) groups is 1. The Bertz CT molecular complexity index is 917. The number of nitrogens with one attached hydrogen (secondary N) is 1. The van der Waals surface area contributed by atoms with E-state index in [9.17, 15) is 9.59 Å². The molecular weight excluding hydrogens is 322 g/mol. The van der Waals surface area contributed by atoms with Crippen molar-refractivity contribution in [2.45, 2.75) is 26.3 Å². The van der Waals surface area contributed by atoms with Gasteiger partial charge in [0, 0.05) is 18.3 Å². The SMILES string of the molecule is CCCn1nc(-c2nc(CC(=O)Nc3ccccc3)no2)ccc1=O. The third-order valence-corrected chi connectivity index (χ3v) is 3.37. The van der Waals surface area contributed by atoms with E-state index in [1.54, 1.807) is 12.1 Å². The van der Waals surface area contributed by atoms with Gasteiger partial charge in [0.25, 0.3) is 11.4 Å². The zero-order valence-electron chi connectivity index (χ0n) is 13.7. The summed E-state index contributed by atoms with van der Waals surface area (Å²) in [5.74, 6) is 0.174. The number of para-hydroxylation sites is 1. The molecule has 0 unspecified atom stereocenters. The molecule has 3 aromatic rings. The van der Waals surface area contributed by atoms with E-state index in [1.807, 2.05) is 25.1 Å². The van der Waals surface area contributed by atoms with Crippen LogP contribution in [-0.4, -0.2) is 25.8 Å². The molecule has 8 nitrogen and oxygen atoms in total. The number of aromatic nitrogens is 4. The number of amides is 1. The van der Waals surface area contributed by atoms with Crippen molar-refractivity contribution in [3.05, 3.63) is 58.6 Å². The number of carbonyl (C=O) groups excluding carboxylic acids is 1. The minimum absolute atomic E-state index is 0.0208. The number of aryl methyl sites for hydroxylation is 1. The molecule has 128 valence electrons. The predicted molar refractivity (Wildman–Crippen MR) is 90.9 cm³/mol. The van der Waals surface area contributed by atoms with Crippen molar-refractivity contribution < 1.29 is 9.32 Å². The molecule has 0 fully saturated rings. The average Bonchev–Trinajstić information content (AvgIpc) is 3.06. The number of benzene rings is 1. The third-order valence-electron chi connectivity index (χ3n) is 3.37. The minimum Gasteiger partial charge on any atom is -0.332 e. The predicted octanol–water partition coefficient (Wildman–Crippen LogP) is 1.88. The first-order chi connectivity index (χ1) is 12.2. The lowest BCUT2D eigenvalue weighted by Gasteiger charge is -2.02. The molecule has 0 aliphatic rings. The second-order valence-corrected chi connectivity index (χ2v) is 5.39. The summed E-state index contributed by atoms with van der Waals surface area (Å²) < 4.78 is 6.50. The number of rotatable bonds is 6. The molecule has 0 aliphatic carbocycles. The monoisotopic (exact) mass is 339 g/mol. The van der Waals surface area contributed by atoms with Crippen molar-refractivity contribution in [2.75, 3.05) is 5.32 Å². The van der Waals surface area contributed by atoms with Gasteiger partial charge in [-0.05, 0) is 24.6 Å². The van der Waals surface area contributed by atoms with E-state index >= 15 is 0 Å². The summed E-state index contributed by atoms with van der Waals surface area (Å²) in [6.45, 7) is 2.46. The van der Waals surface area contributed by atoms with Gasteiger partial charge in [-0.1, -0.05) is 30.3 Å². The van der Waals surface area contributed by atoms with Crippen molar-refractivity contribution >= 4 is 11.6 Å². The molecule has 25 heavy (non-hydrogen) atoms. The van der Waals surface area contributed by atoms with Crippen LogP contribution in [0.25, 0.3) is 11.6 Å². The highest BCUT2D eigenvalue weighted by Gasteiger charge is 2.14. The van der Waals surface area contributed by atoms with Crippen molar-refractivity contribution in [1.82, 2.24) is 19.9 Å². The van der Waals surface area contributed by atoms with Gasteiger partial charge in [-0.3, -0.25) is 9.59 Å². The van der Waals surface area contributed by atoms with Gasteiger partial charge in [-0.2, -0.15) is 10.1 Å². The topological polar surface area (TPSA) is 103 Å². The van der Waals surface area contributed by atoms with Gasteiger partial charge in [-0.25, -0.2) is 4.68 Å². The van der Waals surface area contributed by atoms with Gasteiger partial charge in [0.15, 0.2) is 5.82 Å². The fourth-order valence-corrected chi connectivity index (χ4v) is 2.24. The van der Waals surface area contributed by atoms with E-state index in [0.29, 0.717) is 17.9 Å². The summed E-state index contributed by atoms with van der Waals surface area (Å²) in [6.07, 6.45) is 0.762. The Labute approximate surface area is 143 Å². The molecule has 1 amide bonds. The van der Waals surface area contributed by atoms with Crippen molar-refractivity contribution in [3.63, 3.8) is 0 Å². The molecule has 0 atom stereocenters. The van der Waals surface area contributed by atoms with Crippen LogP contribution in [-0.2, 0) is 17.8 Å². The highest BCUT2D eigenvalue weighted by atomic mass is 16.5. The largest absolute Gasteiger partial charge is 0.332 e. The van der Waals surface area contributed by atoms with Crippen molar-refractivity contribution in [3.8, 4) is 11.6 Å². The Balaban J connectivity index is 1.71. The molecule has 0 bridgehead atoms. The van der Waals surface area contributed by atoms with Crippen molar-refractivity contribution in [2.24, 2.45) is 0 Å². The highest BCUT2D eigenvalue weighted by Crippen LogP contribution is 2.13. The summed E-state index contributed by atoms with van der Waals surface area (Å²) in [4.78, 5) is 27.9. The molecule has 8 heteroatoms. The van der Waals surface area contributed by atoms with Crippen LogP contribution in [0.4, 0.5) is 5.69 Å². The fraction of sp³-hybridized carbons (Fsp3) is 0.235. The van der Waals surface area contributed by atoms with E-state index in [1.165, 1.54) is 16.8 Å². The Kier molecular flexibility index (Phi) is 4.98. The fourth-order valence-electron chi connectivity index (χ4n) is 2.24. The quantitative estimate of drug-likeness (QED) is 0.735. The average molecular weight is 339 g/mol. The number of nitrogens with zero attached hydrogens (tertiary/aromatic N) is 4. The van der Waals surface area contributed by atoms with E-state index in [0.717, 1.165) is 6.42 Å². The maximum Gasteiger partial charge on any atom is 0.278 e. The molecule has 0 aliphatic heterocycles. The Morgan fingerprint density at radius 2 is 2.00 bits per heavy atom. The van der Waals surface area contributed by atoms with Gasteiger partial charge >= 0.3 is 0 Å². The molecular formula is C17H17N5O3. The van der Waals surface area contributed by atoms with Gasteiger partial charge in [-0.15, -0.1) is 0 Å². The molecule has 2 aromatic heterocycles. The van der Waals surface area contributed by atoms with Crippen LogP contribution < -0.4 is 10.9 Å². The molecule has 0 spiro atoms. The first kappa shape index (κ1) is 16.6. The first-order valence-electron chi connectivity index (χ1n) is 7.91. The first-order valence-corrected chi connectivity index (χ1v) is 7.91. The normalized spacial score (nSPS) is 10.6. The summed E-state index contributed by atoms with van der Waals surface area (Å²) in [7, 11) is 0. The van der Waals surface area contributed by atoms with E-state index in [2.05, 4.69) is 20.6 Å². The molecule has 0 saturated carbocycles. The van der Waals surface area contributed by atoms with Gasteiger partial charge < -0.3 is 9.84 Å². The molecule has 0 radical (unpaired) electrons. The Hall–Kier alpha value is -3.29. The van der Waals surface area contributed by atoms with Crippen LogP contribution in [0.5, 0.6) is 0 Å². The molecule has 3 rings (SSSR count). The van der Waals surface area contributed by atoms with Crippen molar-refractivity contribution in [1.29, 1.82) is 0 Å². The zero-order chi connectivity index (χ0) is 17.6. The van der Waals surface area contributed by atoms with E-state index in [4.69, 9.17) is 4.52 Å². The minimum atomic E-state index is -0.248. The van der Waals surface area contributed by atoms with E-state index in [-0.39, 0.29) is 29.6 Å². The van der Waals surface area contributed by atoms with Crippen LogP contribution in [0.3, 0.4) is 0 Å². The van der Waals surface area contributed by atoms with Crippen LogP contribution in [0.15, 0.2) is 51.8 Å². The third kappa shape index (κ3) is 4.17. The summed E-state index contributed by atoms with van der Waals surface area (Å²) in [5, 5.41) is 10.7. The van der Waals surface area contributed by atoms with Crippen LogP contribution >= 0.6 is 0 Å². The van der Waals surface area contributed by atoms with Crippen LogP contribution in [0.2, 0.25) is 0 Å². The Morgan fingerprint density at radius 1 is 1.20 bits per heavy atom. The number of hydrogen-bond donors (Lipinski definition) is 1. The number of anilines is 1. The molecule has 1 aromatic carbocycles. The smallest absolute Gasteiger partial charge is 0.278 e. The second-order valence-electron chi connectivity index (χ2n) is 5.39. The summed E-state index contributed by atoms with van der Waals surface area (Å²) in [5.41, 5.74) is 0.910. The van der Waals surface area contributed by atoms with Gasteiger partial charge in [0.2, 0.25) is 5.91 Å². The maximum absolute atomic E-state index is 12.0. The van der Waals surface area contributed by atoms with Gasteiger partial charge in [0.1, 0.15) is 5.69 Å². The lowest BCUT2D eigenvalue weighted by atomic mass is 10.3. The molecule has 0 saturated heterocycles. The lowest BCUT2D eigenvalue weighted by Crippen LogP contribution is -2.22. The maximum atomic E-state index is 12.0. The highest BCUT2D eigenvalue weighted by molar-refractivity contribution is 5.91. The Morgan fingerprint density at radius 3 is 2.76 bits per heavy atom. The standard InChI is InChI=1S/C17H17N5O3/c1-2-10-22-16(24)9-8-13(20-22)17-19-14(21-25-17)11-15(23)18-12-6-4-3-5-7-12/h3-9H,2,10-11H2,1H3,(H,18,23). The second kappa shape index (κ2) is 7.52. The molecule has 1 N–H and O–H groups in total. The van der Waals surface area contributed by atoms with Gasteiger partial charge in [0.05, 0.1) is 6.42 Å². The summed E-state index contributed by atoms with van der Waals surface area (Å²) in [6, 6.07) is 12.0. The lowest BCUT2D eigenvalue weighted by molar-refractivity contribution is -0.115.